The van der Waals surface area contributed by atoms with E-state index in [0.29, 0.717) is 6.54 Å². The second-order valence-electron chi connectivity index (χ2n) is 3.57. The Morgan fingerprint density at radius 1 is 1.50 bits per heavy atom. The van der Waals surface area contributed by atoms with Crippen LogP contribution in [-0.2, 0) is 6.42 Å². The quantitative estimate of drug-likeness (QED) is 0.749. The molecular weight excluding hydrogens is 202 g/mol. The Morgan fingerprint density at radius 2 is 2.25 bits per heavy atom. The van der Waals surface area contributed by atoms with Gasteiger partial charge in [0, 0.05) is 6.07 Å². The van der Waals surface area contributed by atoms with Gasteiger partial charge in [-0.2, -0.15) is 0 Å². The number of rotatable bonds is 6. The van der Waals surface area contributed by atoms with Crippen LogP contribution in [0.3, 0.4) is 0 Å². The molecule has 1 aromatic carbocycles. The second kappa shape index (κ2) is 6.18. The molecule has 0 amide bonds. The molecule has 0 spiro atoms. The van der Waals surface area contributed by atoms with Gasteiger partial charge in [0.15, 0.2) is 0 Å². The summed E-state index contributed by atoms with van der Waals surface area (Å²) in [5, 5.41) is 0. The fraction of sp³-hybridized carbons (Fsp3) is 0.385. The maximum Gasteiger partial charge on any atom is 0.127 e. The highest BCUT2D eigenvalue weighted by atomic mass is 16.5. The summed E-state index contributed by atoms with van der Waals surface area (Å²) in [6.07, 6.45) is 2.53. The Hall–Kier alpha value is -1.48. The van der Waals surface area contributed by atoms with Crippen molar-refractivity contribution in [3.63, 3.8) is 0 Å². The summed E-state index contributed by atoms with van der Waals surface area (Å²) < 4.78 is 10.9. The predicted octanol–water partition coefficient (Wildman–Crippen LogP) is 2.15. The van der Waals surface area contributed by atoms with Crippen molar-refractivity contribution in [1.29, 1.82) is 0 Å². The molecule has 16 heavy (non-hydrogen) atoms. The predicted molar refractivity (Wildman–Crippen MR) is 66.0 cm³/mol. The van der Waals surface area contributed by atoms with Crippen LogP contribution in [0.4, 0.5) is 0 Å². The molecule has 88 valence electrons. The summed E-state index contributed by atoms with van der Waals surface area (Å²) >= 11 is 0. The van der Waals surface area contributed by atoms with E-state index in [1.54, 1.807) is 13.2 Å². The lowest BCUT2D eigenvalue weighted by Crippen LogP contribution is -2.11. The lowest BCUT2D eigenvalue weighted by Gasteiger charge is -2.15. The zero-order valence-corrected chi connectivity index (χ0v) is 9.90. The van der Waals surface area contributed by atoms with E-state index in [4.69, 9.17) is 15.2 Å². The van der Waals surface area contributed by atoms with Gasteiger partial charge in [-0.05, 0) is 31.5 Å². The van der Waals surface area contributed by atoms with Crippen LogP contribution in [0.1, 0.15) is 12.5 Å². The SMILES string of the molecule is C=CC(C)Oc1cc(OC)ccc1CCN. The van der Waals surface area contributed by atoms with Gasteiger partial charge in [0.1, 0.15) is 17.6 Å². The molecule has 0 fully saturated rings. The molecule has 3 nitrogen and oxygen atoms in total. The Kier molecular flexibility index (Phi) is 4.86. The van der Waals surface area contributed by atoms with E-state index in [-0.39, 0.29) is 6.10 Å². The fourth-order valence-corrected chi connectivity index (χ4v) is 1.38. The third-order valence-electron chi connectivity index (χ3n) is 2.33. The fourth-order valence-electron chi connectivity index (χ4n) is 1.38. The van der Waals surface area contributed by atoms with Gasteiger partial charge in [-0.15, -0.1) is 0 Å². The zero-order chi connectivity index (χ0) is 12.0. The minimum atomic E-state index is -0.0244. The van der Waals surface area contributed by atoms with Crippen molar-refractivity contribution in [2.24, 2.45) is 5.73 Å². The number of benzene rings is 1. The molecule has 0 aliphatic carbocycles. The average molecular weight is 221 g/mol. The molecule has 0 aliphatic heterocycles. The van der Waals surface area contributed by atoms with Crippen LogP contribution in [-0.4, -0.2) is 19.8 Å². The van der Waals surface area contributed by atoms with Crippen LogP contribution in [0, 0.1) is 0 Å². The van der Waals surface area contributed by atoms with Crippen molar-refractivity contribution in [3.8, 4) is 11.5 Å². The maximum absolute atomic E-state index is 5.74. The van der Waals surface area contributed by atoms with Gasteiger partial charge in [-0.25, -0.2) is 0 Å². The minimum absolute atomic E-state index is 0.0244. The molecule has 1 aromatic rings. The standard InChI is InChI=1S/C13H19NO2/c1-4-10(2)16-13-9-12(15-3)6-5-11(13)7-8-14/h4-6,9-10H,1,7-8,14H2,2-3H3. The van der Waals surface area contributed by atoms with E-state index in [9.17, 15) is 0 Å². The van der Waals surface area contributed by atoms with E-state index in [1.165, 1.54) is 0 Å². The highest BCUT2D eigenvalue weighted by molar-refractivity contribution is 5.41. The van der Waals surface area contributed by atoms with E-state index in [0.717, 1.165) is 23.5 Å². The summed E-state index contributed by atoms with van der Waals surface area (Å²) in [6, 6.07) is 5.78. The molecule has 0 aromatic heterocycles. The zero-order valence-electron chi connectivity index (χ0n) is 9.90. The van der Waals surface area contributed by atoms with Gasteiger partial charge in [0.2, 0.25) is 0 Å². The number of hydrogen-bond acceptors (Lipinski definition) is 3. The van der Waals surface area contributed by atoms with Gasteiger partial charge < -0.3 is 15.2 Å². The van der Waals surface area contributed by atoms with Crippen molar-refractivity contribution in [1.82, 2.24) is 0 Å². The van der Waals surface area contributed by atoms with Crippen molar-refractivity contribution in [3.05, 3.63) is 36.4 Å². The maximum atomic E-state index is 5.74. The first kappa shape index (κ1) is 12.6. The van der Waals surface area contributed by atoms with Crippen LogP contribution in [0.25, 0.3) is 0 Å². The summed E-state index contributed by atoms with van der Waals surface area (Å²) in [4.78, 5) is 0. The first-order chi connectivity index (χ1) is 7.71. The van der Waals surface area contributed by atoms with Gasteiger partial charge in [0.05, 0.1) is 7.11 Å². The van der Waals surface area contributed by atoms with Crippen LogP contribution in [0.15, 0.2) is 30.9 Å². The summed E-state index contributed by atoms with van der Waals surface area (Å²) in [6.45, 7) is 6.24. The minimum Gasteiger partial charge on any atom is -0.497 e. The Labute approximate surface area is 96.9 Å². The normalized spacial score (nSPS) is 11.9. The molecule has 1 rings (SSSR count). The largest absolute Gasteiger partial charge is 0.497 e. The van der Waals surface area contributed by atoms with Crippen LogP contribution in [0.2, 0.25) is 0 Å². The van der Waals surface area contributed by atoms with Crippen LogP contribution >= 0.6 is 0 Å². The highest BCUT2D eigenvalue weighted by Gasteiger charge is 2.07. The summed E-state index contributed by atoms with van der Waals surface area (Å²) in [7, 11) is 1.64. The van der Waals surface area contributed by atoms with E-state index in [2.05, 4.69) is 6.58 Å². The molecular formula is C13H19NO2. The molecule has 0 bridgehead atoms. The molecule has 0 radical (unpaired) electrons. The van der Waals surface area contributed by atoms with Crippen molar-refractivity contribution >= 4 is 0 Å². The number of hydrogen-bond donors (Lipinski definition) is 1. The Morgan fingerprint density at radius 3 is 2.81 bits per heavy atom. The highest BCUT2D eigenvalue weighted by Crippen LogP contribution is 2.26. The molecule has 2 N–H and O–H groups in total. The van der Waals surface area contributed by atoms with Crippen molar-refractivity contribution in [2.45, 2.75) is 19.4 Å². The monoisotopic (exact) mass is 221 g/mol. The molecule has 0 aliphatic rings. The lowest BCUT2D eigenvalue weighted by atomic mass is 10.1. The van der Waals surface area contributed by atoms with Crippen LogP contribution < -0.4 is 15.2 Å². The summed E-state index contributed by atoms with van der Waals surface area (Å²) in [5.41, 5.74) is 6.65. The van der Waals surface area contributed by atoms with Gasteiger partial charge >= 0.3 is 0 Å². The summed E-state index contributed by atoms with van der Waals surface area (Å²) in [5.74, 6) is 1.60. The lowest BCUT2D eigenvalue weighted by molar-refractivity contribution is 0.266. The van der Waals surface area contributed by atoms with Gasteiger partial charge in [0.25, 0.3) is 0 Å². The number of methoxy groups -OCH3 is 1. The molecule has 0 saturated carbocycles. The number of nitrogens with two attached hydrogens (primary N) is 1. The smallest absolute Gasteiger partial charge is 0.127 e. The van der Waals surface area contributed by atoms with E-state index >= 15 is 0 Å². The van der Waals surface area contributed by atoms with Crippen LogP contribution in [0.5, 0.6) is 11.5 Å². The molecule has 0 saturated heterocycles. The average Bonchev–Trinajstić information content (AvgIpc) is 2.31. The first-order valence-corrected chi connectivity index (χ1v) is 5.37. The van der Waals surface area contributed by atoms with Gasteiger partial charge in [-0.3, -0.25) is 0 Å². The first-order valence-electron chi connectivity index (χ1n) is 5.37. The number of ether oxygens (including phenoxy) is 2. The molecule has 0 heterocycles. The second-order valence-corrected chi connectivity index (χ2v) is 3.57. The van der Waals surface area contributed by atoms with Crippen molar-refractivity contribution < 1.29 is 9.47 Å². The molecule has 1 atom stereocenters. The third kappa shape index (κ3) is 3.28. The Balaban J connectivity index is 2.94. The van der Waals surface area contributed by atoms with E-state index < -0.39 is 0 Å². The topological polar surface area (TPSA) is 44.5 Å². The molecule has 3 heteroatoms. The van der Waals surface area contributed by atoms with Gasteiger partial charge in [-0.1, -0.05) is 18.7 Å². The molecule has 1 unspecified atom stereocenters. The third-order valence-corrected chi connectivity index (χ3v) is 2.33. The Bertz CT molecular complexity index is 350. The van der Waals surface area contributed by atoms with E-state index in [1.807, 2.05) is 25.1 Å². The van der Waals surface area contributed by atoms with Crippen molar-refractivity contribution in [2.75, 3.05) is 13.7 Å².